The molecule has 0 N–H and O–H groups in total. The monoisotopic (exact) mass is 202 g/mol. The molecule has 1 unspecified atom stereocenters. The highest BCUT2D eigenvalue weighted by atomic mass is 35.5. The van der Waals surface area contributed by atoms with Crippen molar-refractivity contribution in [2.75, 3.05) is 13.2 Å². The lowest BCUT2D eigenvalue weighted by Gasteiger charge is -2.03. The van der Waals surface area contributed by atoms with Crippen LogP contribution in [0.25, 0.3) is 0 Å². The predicted molar refractivity (Wildman–Crippen MR) is 51.7 cm³/mol. The van der Waals surface area contributed by atoms with E-state index in [-0.39, 0.29) is 6.61 Å². The zero-order valence-corrected chi connectivity index (χ0v) is 8.01. The van der Waals surface area contributed by atoms with Crippen molar-refractivity contribution in [3.05, 3.63) is 35.9 Å². The molecule has 0 heterocycles. The van der Waals surface area contributed by atoms with Crippen molar-refractivity contribution in [2.45, 2.75) is 12.1 Å². The van der Waals surface area contributed by atoms with E-state index >= 15 is 0 Å². The van der Waals surface area contributed by atoms with Crippen molar-refractivity contribution in [2.24, 2.45) is 0 Å². The Morgan fingerprint density at radius 1 is 1.31 bits per heavy atom. The van der Waals surface area contributed by atoms with Gasteiger partial charge in [0.1, 0.15) is 0 Å². The minimum Gasteiger partial charge on any atom is -0.377 e. The Hall–Kier alpha value is -0.600. The van der Waals surface area contributed by atoms with Crippen molar-refractivity contribution in [3.8, 4) is 0 Å². The van der Waals surface area contributed by atoms with Gasteiger partial charge in [0.2, 0.25) is 0 Å². The molecule has 13 heavy (non-hydrogen) atoms. The SMILES string of the molecule is FC(Cl)COCCc1ccccc1. The van der Waals surface area contributed by atoms with E-state index in [1.54, 1.807) is 0 Å². The van der Waals surface area contributed by atoms with Gasteiger partial charge >= 0.3 is 0 Å². The number of halogens is 2. The molecule has 1 nitrogen and oxygen atoms in total. The van der Waals surface area contributed by atoms with Gasteiger partial charge in [0.25, 0.3) is 0 Å². The van der Waals surface area contributed by atoms with Crippen LogP contribution in [0.1, 0.15) is 5.56 Å². The first-order valence-corrected chi connectivity index (χ1v) is 4.62. The lowest BCUT2D eigenvalue weighted by molar-refractivity contribution is 0.109. The molecule has 0 aliphatic heterocycles. The lowest BCUT2D eigenvalue weighted by Crippen LogP contribution is -2.06. The average Bonchev–Trinajstić information content (AvgIpc) is 2.14. The Balaban J connectivity index is 2.13. The molecule has 0 aliphatic carbocycles. The van der Waals surface area contributed by atoms with E-state index in [2.05, 4.69) is 0 Å². The Labute approximate surface area is 82.5 Å². The van der Waals surface area contributed by atoms with E-state index in [1.165, 1.54) is 5.56 Å². The summed E-state index contributed by atoms with van der Waals surface area (Å²) in [4.78, 5) is 0. The third kappa shape index (κ3) is 4.86. The summed E-state index contributed by atoms with van der Waals surface area (Å²) in [5.41, 5.74) is -0.205. The minimum atomic E-state index is -1.39. The summed E-state index contributed by atoms with van der Waals surface area (Å²) in [7, 11) is 0. The van der Waals surface area contributed by atoms with Crippen LogP contribution in [-0.4, -0.2) is 18.8 Å². The third-order valence-electron chi connectivity index (χ3n) is 1.62. The molecule has 0 aromatic heterocycles. The average molecular weight is 203 g/mol. The fourth-order valence-corrected chi connectivity index (χ4v) is 1.10. The topological polar surface area (TPSA) is 9.23 Å². The van der Waals surface area contributed by atoms with Gasteiger partial charge in [-0.3, -0.25) is 0 Å². The van der Waals surface area contributed by atoms with Crippen LogP contribution in [0.5, 0.6) is 0 Å². The van der Waals surface area contributed by atoms with Crippen LogP contribution in [0.15, 0.2) is 30.3 Å². The minimum absolute atomic E-state index is 0.0333. The molecule has 0 bridgehead atoms. The summed E-state index contributed by atoms with van der Waals surface area (Å²) in [6.07, 6.45) is 0.796. The molecule has 0 saturated heterocycles. The Morgan fingerprint density at radius 3 is 2.62 bits per heavy atom. The molecule has 0 fully saturated rings. The second kappa shape index (κ2) is 5.95. The highest BCUT2D eigenvalue weighted by Gasteiger charge is 1.99. The molecular weight excluding hydrogens is 191 g/mol. The molecule has 1 aromatic rings. The van der Waals surface area contributed by atoms with Crippen LogP contribution >= 0.6 is 11.6 Å². The second-order valence-corrected chi connectivity index (χ2v) is 3.18. The molecule has 1 atom stereocenters. The highest BCUT2D eigenvalue weighted by molar-refractivity contribution is 6.19. The summed E-state index contributed by atoms with van der Waals surface area (Å²) in [6.45, 7) is 0.478. The van der Waals surface area contributed by atoms with Crippen LogP contribution in [0.4, 0.5) is 4.39 Å². The van der Waals surface area contributed by atoms with Gasteiger partial charge < -0.3 is 4.74 Å². The standard InChI is InChI=1S/C10H12ClFO/c11-10(12)8-13-7-6-9-4-2-1-3-5-9/h1-5,10H,6-8H2. The number of alkyl halides is 2. The first-order chi connectivity index (χ1) is 6.29. The van der Waals surface area contributed by atoms with Crippen LogP contribution in [-0.2, 0) is 11.2 Å². The molecule has 0 radical (unpaired) electrons. The van der Waals surface area contributed by atoms with E-state index < -0.39 is 5.63 Å². The highest BCUT2D eigenvalue weighted by Crippen LogP contribution is 2.01. The summed E-state index contributed by atoms with van der Waals surface area (Å²) in [5.74, 6) is 0. The van der Waals surface area contributed by atoms with Crippen molar-refractivity contribution < 1.29 is 9.13 Å². The van der Waals surface area contributed by atoms with Crippen molar-refractivity contribution in [1.29, 1.82) is 0 Å². The summed E-state index contributed by atoms with van der Waals surface area (Å²) < 4.78 is 17.1. The maximum absolute atomic E-state index is 12.1. The van der Waals surface area contributed by atoms with Gasteiger partial charge in [0.05, 0.1) is 13.2 Å². The zero-order chi connectivity index (χ0) is 9.52. The molecule has 72 valence electrons. The normalized spacial score (nSPS) is 12.8. The van der Waals surface area contributed by atoms with Gasteiger partial charge in [0.15, 0.2) is 5.63 Å². The van der Waals surface area contributed by atoms with Crippen LogP contribution in [0, 0.1) is 0 Å². The maximum Gasteiger partial charge on any atom is 0.196 e. The number of benzene rings is 1. The van der Waals surface area contributed by atoms with E-state index in [0.717, 1.165) is 6.42 Å². The van der Waals surface area contributed by atoms with E-state index in [9.17, 15) is 4.39 Å². The van der Waals surface area contributed by atoms with Crippen molar-refractivity contribution in [3.63, 3.8) is 0 Å². The van der Waals surface area contributed by atoms with Crippen LogP contribution in [0.3, 0.4) is 0 Å². The van der Waals surface area contributed by atoms with E-state index in [0.29, 0.717) is 6.61 Å². The van der Waals surface area contributed by atoms with E-state index in [1.807, 2.05) is 30.3 Å². The number of hydrogen-bond donors (Lipinski definition) is 0. The predicted octanol–water partition coefficient (Wildman–Crippen LogP) is 2.78. The molecule has 0 saturated carbocycles. The molecular formula is C10H12ClFO. The smallest absolute Gasteiger partial charge is 0.196 e. The molecule has 1 rings (SSSR count). The molecule has 0 aliphatic rings. The van der Waals surface area contributed by atoms with Gasteiger partial charge in [-0.15, -0.1) is 0 Å². The lowest BCUT2D eigenvalue weighted by atomic mass is 10.2. The molecule has 3 heteroatoms. The van der Waals surface area contributed by atoms with Gasteiger partial charge in [-0.05, 0) is 12.0 Å². The summed E-state index contributed by atoms with van der Waals surface area (Å²) >= 11 is 5.07. The van der Waals surface area contributed by atoms with Crippen molar-refractivity contribution >= 4 is 11.6 Å². The first kappa shape index (κ1) is 10.5. The molecule has 0 spiro atoms. The van der Waals surface area contributed by atoms with Crippen LogP contribution < -0.4 is 0 Å². The van der Waals surface area contributed by atoms with E-state index in [4.69, 9.17) is 16.3 Å². The Bertz CT molecular complexity index is 226. The van der Waals surface area contributed by atoms with Crippen molar-refractivity contribution in [1.82, 2.24) is 0 Å². The maximum atomic E-state index is 12.1. The molecule has 0 amide bonds. The Morgan fingerprint density at radius 2 is 2.00 bits per heavy atom. The van der Waals surface area contributed by atoms with Gasteiger partial charge in [-0.1, -0.05) is 41.9 Å². The molecule has 1 aromatic carbocycles. The summed E-state index contributed by atoms with van der Waals surface area (Å²) in [5, 5.41) is 0. The summed E-state index contributed by atoms with van der Waals surface area (Å²) in [6, 6.07) is 9.92. The quantitative estimate of drug-likeness (QED) is 0.527. The fraction of sp³-hybridized carbons (Fsp3) is 0.400. The van der Waals surface area contributed by atoms with Gasteiger partial charge in [-0.25, -0.2) is 4.39 Å². The largest absolute Gasteiger partial charge is 0.377 e. The van der Waals surface area contributed by atoms with Gasteiger partial charge in [-0.2, -0.15) is 0 Å². The number of ether oxygens (including phenoxy) is 1. The van der Waals surface area contributed by atoms with Gasteiger partial charge in [0, 0.05) is 0 Å². The number of rotatable bonds is 5. The second-order valence-electron chi connectivity index (χ2n) is 2.70. The first-order valence-electron chi connectivity index (χ1n) is 4.19. The Kier molecular flexibility index (Phi) is 4.79. The van der Waals surface area contributed by atoms with Crippen LogP contribution in [0.2, 0.25) is 0 Å². The fourth-order valence-electron chi connectivity index (χ4n) is 1.01. The number of hydrogen-bond acceptors (Lipinski definition) is 1. The zero-order valence-electron chi connectivity index (χ0n) is 7.25. The third-order valence-corrected chi connectivity index (χ3v) is 1.75.